The number of hydrogen-bond acceptors (Lipinski definition) is 2. The molecule has 2 heterocycles. The molecule has 28 heavy (non-hydrogen) atoms. The number of carbonyl (C=O) groups excluding carboxylic acids is 1. The minimum absolute atomic E-state index is 0.187. The molecule has 1 atom stereocenters. The van der Waals surface area contributed by atoms with Crippen LogP contribution in [0.3, 0.4) is 0 Å². The maximum atomic E-state index is 13.1. The highest BCUT2D eigenvalue weighted by molar-refractivity contribution is 5.94. The number of aryl methyl sites for hydroxylation is 1. The summed E-state index contributed by atoms with van der Waals surface area (Å²) in [5, 5.41) is 4.06. The number of hydrogen-bond donors (Lipinski definition) is 0. The Hall–Kier alpha value is -3.09. The molecule has 7 heteroatoms. The fourth-order valence-corrected chi connectivity index (χ4v) is 3.70. The highest BCUT2D eigenvalue weighted by atomic mass is 19.4. The van der Waals surface area contributed by atoms with Crippen molar-refractivity contribution >= 4 is 5.91 Å². The maximum absolute atomic E-state index is 13.1. The van der Waals surface area contributed by atoms with Crippen molar-refractivity contribution in [2.75, 3.05) is 6.54 Å². The van der Waals surface area contributed by atoms with E-state index in [1.54, 1.807) is 22.8 Å². The number of nitrogens with zero attached hydrogens (tertiary/aromatic N) is 3. The van der Waals surface area contributed by atoms with Crippen molar-refractivity contribution in [3.05, 3.63) is 88.7 Å². The molecule has 0 N–H and O–H groups in total. The molecule has 1 aliphatic rings. The minimum Gasteiger partial charge on any atom is -0.327 e. The average molecular weight is 385 g/mol. The van der Waals surface area contributed by atoms with Crippen molar-refractivity contribution in [2.45, 2.75) is 18.6 Å². The third-order valence-corrected chi connectivity index (χ3v) is 5.05. The molecule has 1 unspecified atom stereocenters. The topological polar surface area (TPSA) is 38.1 Å². The lowest BCUT2D eigenvalue weighted by Crippen LogP contribution is -2.40. The summed E-state index contributed by atoms with van der Waals surface area (Å²) in [4.78, 5) is 14.8. The second kappa shape index (κ2) is 6.82. The lowest BCUT2D eigenvalue weighted by Gasteiger charge is -2.37. The summed E-state index contributed by atoms with van der Waals surface area (Å²) in [5.41, 5.74) is 2.44. The van der Waals surface area contributed by atoms with Gasteiger partial charge in [0.25, 0.3) is 5.91 Å². The molecule has 3 aromatic rings. The highest BCUT2D eigenvalue weighted by Gasteiger charge is 2.34. The number of benzene rings is 2. The number of alkyl halides is 3. The normalized spacial score (nSPS) is 16.7. The van der Waals surface area contributed by atoms with Gasteiger partial charge in [-0.1, -0.05) is 36.4 Å². The van der Waals surface area contributed by atoms with Gasteiger partial charge in [0.1, 0.15) is 0 Å². The van der Waals surface area contributed by atoms with E-state index in [2.05, 4.69) is 5.10 Å². The molecule has 1 aliphatic heterocycles. The summed E-state index contributed by atoms with van der Waals surface area (Å²) >= 11 is 0. The van der Waals surface area contributed by atoms with Crippen LogP contribution < -0.4 is 0 Å². The van der Waals surface area contributed by atoms with E-state index in [0.29, 0.717) is 24.1 Å². The van der Waals surface area contributed by atoms with Gasteiger partial charge in [0.2, 0.25) is 0 Å². The van der Waals surface area contributed by atoms with Gasteiger partial charge in [0.05, 0.1) is 23.4 Å². The van der Waals surface area contributed by atoms with Crippen LogP contribution in [0.1, 0.15) is 38.7 Å². The Morgan fingerprint density at radius 2 is 1.82 bits per heavy atom. The molecule has 1 amide bonds. The molecule has 0 bridgehead atoms. The van der Waals surface area contributed by atoms with Gasteiger partial charge >= 0.3 is 6.18 Å². The van der Waals surface area contributed by atoms with Crippen LogP contribution in [-0.4, -0.2) is 27.1 Å². The van der Waals surface area contributed by atoms with Crippen molar-refractivity contribution in [2.24, 2.45) is 7.05 Å². The van der Waals surface area contributed by atoms with E-state index in [1.807, 2.05) is 24.3 Å². The standard InChI is InChI=1S/C21H18F3N3O/c1-26-13-16(12-25-26)20(28)27-11-10-14-4-2-3-5-18(14)19(27)15-6-8-17(9-7-15)21(22,23)24/h2-9,12-13,19H,10-11H2,1H3. The monoisotopic (exact) mass is 385 g/mol. The Kier molecular flexibility index (Phi) is 4.45. The fraction of sp³-hybridized carbons (Fsp3) is 0.238. The van der Waals surface area contributed by atoms with Crippen LogP contribution in [0.5, 0.6) is 0 Å². The minimum atomic E-state index is -4.39. The van der Waals surface area contributed by atoms with Crippen LogP contribution >= 0.6 is 0 Å². The van der Waals surface area contributed by atoms with E-state index in [9.17, 15) is 18.0 Å². The van der Waals surface area contributed by atoms with Crippen LogP contribution in [0, 0.1) is 0 Å². The van der Waals surface area contributed by atoms with Crippen LogP contribution in [0.25, 0.3) is 0 Å². The van der Waals surface area contributed by atoms with Crippen LogP contribution in [-0.2, 0) is 19.6 Å². The predicted octanol–water partition coefficient (Wildman–Crippen LogP) is 4.23. The largest absolute Gasteiger partial charge is 0.416 e. The van der Waals surface area contributed by atoms with Gasteiger partial charge in [0.15, 0.2) is 0 Å². The Balaban J connectivity index is 1.77. The first-order valence-electron chi connectivity index (χ1n) is 8.89. The number of fused-ring (bicyclic) bond motifs is 1. The van der Waals surface area contributed by atoms with E-state index in [1.165, 1.54) is 18.3 Å². The van der Waals surface area contributed by atoms with Gasteiger partial charge in [-0.25, -0.2) is 0 Å². The van der Waals surface area contributed by atoms with Crippen molar-refractivity contribution in [1.82, 2.24) is 14.7 Å². The summed E-state index contributed by atoms with van der Waals surface area (Å²) < 4.78 is 40.4. The molecule has 1 aromatic heterocycles. The maximum Gasteiger partial charge on any atom is 0.416 e. The van der Waals surface area contributed by atoms with Crippen LogP contribution in [0.2, 0.25) is 0 Å². The lowest BCUT2D eigenvalue weighted by molar-refractivity contribution is -0.137. The van der Waals surface area contributed by atoms with Crippen molar-refractivity contribution in [3.8, 4) is 0 Å². The Morgan fingerprint density at radius 3 is 2.46 bits per heavy atom. The summed E-state index contributed by atoms with van der Waals surface area (Å²) in [6.07, 6.45) is -0.549. The summed E-state index contributed by atoms with van der Waals surface area (Å²) in [5.74, 6) is -0.187. The summed E-state index contributed by atoms with van der Waals surface area (Å²) in [6, 6.07) is 12.4. The molecule has 2 aromatic carbocycles. The molecule has 0 fully saturated rings. The Morgan fingerprint density at radius 1 is 1.11 bits per heavy atom. The van der Waals surface area contributed by atoms with Gasteiger partial charge in [-0.05, 0) is 35.2 Å². The van der Waals surface area contributed by atoms with E-state index in [-0.39, 0.29) is 5.91 Å². The molecule has 0 aliphatic carbocycles. The van der Waals surface area contributed by atoms with Crippen LogP contribution in [0.4, 0.5) is 13.2 Å². The third kappa shape index (κ3) is 3.28. The first-order valence-corrected chi connectivity index (χ1v) is 8.89. The first kappa shape index (κ1) is 18.3. The number of halogens is 3. The molecule has 0 radical (unpaired) electrons. The summed E-state index contributed by atoms with van der Waals surface area (Å²) in [6.45, 7) is 0.483. The van der Waals surface area contributed by atoms with E-state index < -0.39 is 17.8 Å². The number of carbonyl (C=O) groups is 1. The number of rotatable bonds is 2. The smallest absolute Gasteiger partial charge is 0.327 e. The summed E-state index contributed by atoms with van der Waals surface area (Å²) in [7, 11) is 1.73. The predicted molar refractivity (Wildman–Crippen MR) is 97.7 cm³/mol. The molecule has 0 saturated heterocycles. The molecule has 4 rings (SSSR count). The zero-order chi connectivity index (χ0) is 19.9. The van der Waals surface area contributed by atoms with Gasteiger partial charge in [-0.3, -0.25) is 9.48 Å². The van der Waals surface area contributed by atoms with Gasteiger partial charge in [-0.15, -0.1) is 0 Å². The van der Waals surface area contributed by atoms with E-state index in [0.717, 1.165) is 23.3 Å². The fourth-order valence-electron chi connectivity index (χ4n) is 3.70. The lowest BCUT2D eigenvalue weighted by atomic mass is 9.87. The van der Waals surface area contributed by atoms with Crippen molar-refractivity contribution in [1.29, 1.82) is 0 Å². The SMILES string of the molecule is Cn1cc(C(=O)N2CCc3ccccc3C2c2ccc(C(F)(F)F)cc2)cn1. The second-order valence-corrected chi connectivity index (χ2v) is 6.87. The molecule has 4 nitrogen and oxygen atoms in total. The van der Waals surface area contributed by atoms with E-state index in [4.69, 9.17) is 0 Å². The van der Waals surface area contributed by atoms with Crippen molar-refractivity contribution in [3.63, 3.8) is 0 Å². The molecular formula is C21H18F3N3O. The first-order chi connectivity index (χ1) is 13.3. The van der Waals surface area contributed by atoms with Crippen molar-refractivity contribution < 1.29 is 18.0 Å². The molecule has 0 saturated carbocycles. The molecule has 144 valence electrons. The van der Waals surface area contributed by atoms with Crippen LogP contribution in [0.15, 0.2) is 60.9 Å². The van der Waals surface area contributed by atoms with E-state index >= 15 is 0 Å². The highest BCUT2D eigenvalue weighted by Crippen LogP contribution is 2.37. The number of aromatic nitrogens is 2. The van der Waals surface area contributed by atoms with Gasteiger partial charge in [0, 0.05) is 19.8 Å². The third-order valence-electron chi connectivity index (χ3n) is 5.05. The molecule has 0 spiro atoms. The van der Waals surface area contributed by atoms with Gasteiger partial charge < -0.3 is 4.90 Å². The quantitative estimate of drug-likeness (QED) is 0.662. The molecular weight excluding hydrogens is 367 g/mol. The zero-order valence-corrected chi connectivity index (χ0v) is 15.1. The number of amides is 1. The van der Waals surface area contributed by atoms with Gasteiger partial charge in [-0.2, -0.15) is 18.3 Å². The zero-order valence-electron chi connectivity index (χ0n) is 15.1. The Labute approximate surface area is 160 Å². The second-order valence-electron chi connectivity index (χ2n) is 6.87. The Bertz CT molecular complexity index is 1010. The average Bonchev–Trinajstić information content (AvgIpc) is 3.12.